The van der Waals surface area contributed by atoms with Crippen LogP contribution in [0.5, 0.6) is 0 Å². The third-order valence-corrected chi connectivity index (χ3v) is 11.0. The molecule has 5 rings (SSSR count). The third kappa shape index (κ3) is 5.92. The van der Waals surface area contributed by atoms with Crippen LogP contribution in [0.4, 0.5) is 0 Å². The van der Waals surface area contributed by atoms with E-state index in [2.05, 4.69) is 0 Å². The minimum atomic E-state index is -2.00. The summed E-state index contributed by atoms with van der Waals surface area (Å²) in [6.07, 6.45) is -7.25. The van der Waals surface area contributed by atoms with Crippen molar-refractivity contribution in [2.45, 2.75) is 68.7 Å². The minimum absolute atomic E-state index is 0.0742. The first-order valence-corrected chi connectivity index (χ1v) is 16.4. The molecule has 0 spiro atoms. The number of rotatable bonds is 11. The summed E-state index contributed by atoms with van der Waals surface area (Å²) >= 11 is 0.897. The Kier molecular flexibility index (Phi) is 9.92. The van der Waals surface area contributed by atoms with Gasteiger partial charge in [-0.1, -0.05) is 54.6 Å². The van der Waals surface area contributed by atoms with Crippen molar-refractivity contribution in [2.24, 2.45) is 11.8 Å². The van der Waals surface area contributed by atoms with Crippen molar-refractivity contribution >= 4 is 59.1 Å². The lowest BCUT2D eigenvalue weighted by atomic mass is 9.60. The fourth-order valence-corrected chi connectivity index (χ4v) is 9.58. The predicted molar refractivity (Wildman–Crippen MR) is 172 cm³/mol. The van der Waals surface area contributed by atoms with Gasteiger partial charge in [0, 0.05) is 52.8 Å². The van der Waals surface area contributed by atoms with E-state index in [-0.39, 0.29) is 11.1 Å². The van der Waals surface area contributed by atoms with Crippen molar-refractivity contribution in [3.8, 4) is 0 Å². The summed E-state index contributed by atoms with van der Waals surface area (Å²) in [6.45, 7) is 4.49. The van der Waals surface area contributed by atoms with Gasteiger partial charge >= 0.3 is 29.8 Å². The monoisotopic (exact) mass is 709 g/mol. The van der Waals surface area contributed by atoms with Crippen LogP contribution in [-0.4, -0.2) is 95.2 Å². The molecule has 0 saturated carbocycles. The van der Waals surface area contributed by atoms with Crippen LogP contribution in [0.25, 0.3) is 0 Å². The van der Waals surface area contributed by atoms with Gasteiger partial charge in [0.15, 0.2) is 36.0 Å². The lowest BCUT2D eigenvalue weighted by Crippen LogP contribution is -2.70. The minimum Gasteiger partial charge on any atom is -0.462 e. The van der Waals surface area contributed by atoms with E-state index < -0.39 is 99.8 Å². The van der Waals surface area contributed by atoms with Crippen LogP contribution in [0.3, 0.4) is 0 Å². The molecule has 0 radical (unpaired) electrons. The van der Waals surface area contributed by atoms with Crippen molar-refractivity contribution in [1.82, 2.24) is 4.90 Å². The number of likely N-dealkylation sites (tertiary alicyclic amines) is 1. The van der Waals surface area contributed by atoms with Crippen molar-refractivity contribution in [3.05, 3.63) is 71.3 Å². The Morgan fingerprint density at radius 1 is 0.680 bits per heavy atom. The van der Waals surface area contributed by atoms with E-state index in [9.17, 15) is 38.4 Å². The number of hydrogen-bond donors (Lipinski definition) is 0. The predicted octanol–water partition coefficient (Wildman–Crippen LogP) is 2.40. The Labute approximate surface area is 291 Å². The molecule has 0 aromatic heterocycles. The van der Waals surface area contributed by atoms with Crippen LogP contribution in [0, 0.1) is 11.8 Å². The number of carbonyl (C=O) groups excluding carboxylic acids is 8. The Balaban J connectivity index is 1.82. The molecule has 2 heterocycles. The highest BCUT2D eigenvalue weighted by Gasteiger charge is 2.82. The van der Waals surface area contributed by atoms with E-state index >= 15 is 0 Å². The van der Waals surface area contributed by atoms with E-state index in [1.54, 1.807) is 42.5 Å². The largest absolute Gasteiger partial charge is 0.462 e. The topological polar surface area (TPSA) is 186 Å². The van der Waals surface area contributed by atoms with Gasteiger partial charge in [0.05, 0.1) is 11.8 Å². The number of hydrogen-bond acceptors (Lipinski definition) is 14. The van der Waals surface area contributed by atoms with Gasteiger partial charge in [0.25, 0.3) is 0 Å². The molecule has 0 N–H and O–H groups in total. The first kappa shape index (κ1) is 36.2. The number of ketones is 2. The molecule has 264 valence electrons. The molecular formula is C35H35NO13S. The maximum atomic E-state index is 14.7. The highest BCUT2D eigenvalue weighted by molar-refractivity contribution is 8.03. The molecule has 2 saturated heterocycles. The highest BCUT2D eigenvalue weighted by Crippen LogP contribution is 2.72. The van der Waals surface area contributed by atoms with Crippen LogP contribution >= 0.6 is 11.8 Å². The maximum Gasteiger partial charge on any atom is 0.303 e. The molecule has 2 aliphatic heterocycles. The number of ether oxygens (including phenoxy) is 5. The zero-order valence-corrected chi connectivity index (χ0v) is 28.8. The van der Waals surface area contributed by atoms with Crippen LogP contribution < -0.4 is 0 Å². The lowest BCUT2D eigenvalue weighted by molar-refractivity contribution is -0.211. The number of benzene rings is 2. The van der Waals surface area contributed by atoms with Crippen molar-refractivity contribution in [3.63, 3.8) is 0 Å². The number of Topliss-reactive ketones (excluding diaryl/α,β-unsaturated/α-hetero) is 2. The zero-order valence-electron chi connectivity index (χ0n) is 28.0. The van der Waals surface area contributed by atoms with Crippen LogP contribution in [0.2, 0.25) is 0 Å². The average Bonchev–Trinajstić information content (AvgIpc) is 3.50. The second kappa shape index (κ2) is 13.7. The summed E-state index contributed by atoms with van der Waals surface area (Å²) < 4.78 is 26.1. The van der Waals surface area contributed by atoms with Gasteiger partial charge in [-0.15, -0.1) is 11.8 Å². The Morgan fingerprint density at radius 3 is 1.70 bits per heavy atom. The fraction of sp³-hybridized carbons (Fsp3) is 0.429. The smallest absolute Gasteiger partial charge is 0.303 e. The van der Waals surface area contributed by atoms with Gasteiger partial charge in [-0.3, -0.25) is 38.4 Å². The van der Waals surface area contributed by atoms with Gasteiger partial charge in [0.1, 0.15) is 16.2 Å². The van der Waals surface area contributed by atoms with Gasteiger partial charge < -0.3 is 28.6 Å². The van der Waals surface area contributed by atoms with E-state index in [1.165, 1.54) is 24.1 Å². The molecule has 15 heteroatoms. The molecule has 2 bridgehead atoms. The summed E-state index contributed by atoms with van der Waals surface area (Å²) in [5, 5.41) is 0. The number of esters is 5. The number of likely N-dealkylation sites (N-methyl/N-ethyl adjacent to an activating group) is 1. The standard InChI is InChI=1S/C35H35NO13S/c1-17(37)45-16-25(46-18(2)38)30(47-19(3)39)31(48-20(4)40)32(49-21(5)41)35-27-26(28(42)23-14-10-11-15-24(23)29(27)43)34(50-35,33(44)36(35)6)22-12-8-7-9-13-22/h7-15,25-27,30-32H,16H2,1-6H3/t25-,26-,27+,30-,31+,32-,34+,35+/m1/s1. The number of piperidine rings is 1. The van der Waals surface area contributed by atoms with Crippen LogP contribution in [-0.2, 0) is 57.2 Å². The molecule has 2 aromatic carbocycles. The highest BCUT2D eigenvalue weighted by atomic mass is 32.2. The first-order valence-electron chi connectivity index (χ1n) is 15.6. The van der Waals surface area contributed by atoms with Crippen LogP contribution in [0.1, 0.15) is 60.9 Å². The summed E-state index contributed by atoms with van der Waals surface area (Å²) in [4.78, 5) is 106. The molecule has 8 atom stereocenters. The Bertz CT molecular complexity index is 1780. The quantitative estimate of drug-likeness (QED) is 0.245. The molecule has 14 nitrogen and oxygen atoms in total. The fourth-order valence-electron chi connectivity index (χ4n) is 7.33. The van der Waals surface area contributed by atoms with Gasteiger partial charge in [-0.2, -0.15) is 0 Å². The molecule has 1 amide bonds. The maximum absolute atomic E-state index is 14.7. The van der Waals surface area contributed by atoms with Crippen molar-refractivity contribution in [2.75, 3.05) is 13.7 Å². The van der Waals surface area contributed by atoms with Crippen molar-refractivity contribution < 1.29 is 62.0 Å². The molecule has 3 aliphatic rings. The third-order valence-electron chi connectivity index (χ3n) is 8.98. The first-order chi connectivity index (χ1) is 23.6. The second-order valence-corrected chi connectivity index (χ2v) is 13.7. The van der Waals surface area contributed by atoms with E-state index in [0.717, 1.165) is 46.4 Å². The number of nitrogens with zero attached hydrogens (tertiary/aromatic N) is 1. The average molecular weight is 710 g/mol. The summed E-state index contributed by atoms with van der Waals surface area (Å²) in [5.74, 6) is -8.97. The number of fused-ring (bicyclic) bond motifs is 6. The second-order valence-electron chi connectivity index (χ2n) is 12.2. The molecule has 2 fully saturated rings. The molecular weight excluding hydrogens is 674 g/mol. The van der Waals surface area contributed by atoms with E-state index in [0.29, 0.717) is 5.56 Å². The normalized spacial score (nSPS) is 25.7. The lowest BCUT2D eigenvalue weighted by Gasteiger charge is -2.50. The number of amides is 1. The van der Waals surface area contributed by atoms with Gasteiger partial charge in [0.2, 0.25) is 5.91 Å². The van der Waals surface area contributed by atoms with E-state index in [1.807, 2.05) is 0 Å². The molecule has 2 aromatic rings. The molecule has 1 aliphatic carbocycles. The summed E-state index contributed by atoms with van der Waals surface area (Å²) in [7, 11) is 1.37. The van der Waals surface area contributed by atoms with Crippen molar-refractivity contribution in [1.29, 1.82) is 0 Å². The molecule has 0 unspecified atom stereocenters. The van der Waals surface area contributed by atoms with E-state index in [4.69, 9.17) is 23.7 Å². The summed E-state index contributed by atoms with van der Waals surface area (Å²) in [6, 6.07) is 14.5. The Morgan fingerprint density at radius 2 is 1.18 bits per heavy atom. The Hall–Kier alpha value is -5.05. The summed E-state index contributed by atoms with van der Waals surface area (Å²) in [5.41, 5.74) is 0.583. The van der Waals surface area contributed by atoms with Crippen LogP contribution in [0.15, 0.2) is 54.6 Å². The molecule has 50 heavy (non-hydrogen) atoms. The van der Waals surface area contributed by atoms with Gasteiger partial charge in [-0.05, 0) is 5.56 Å². The SMILES string of the molecule is CC(=O)OC[C@@H](OC(C)=O)[C@@H](OC(C)=O)[C@H](OC(C)=O)[C@@H](OC(C)=O)[C@]12S[C@](c3ccccc3)(C(=O)N1C)[C@H]1C(=O)c3ccccc3C(=O)[C@H]12. The zero-order chi connectivity index (χ0) is 36.7. The number of thioether (sulfide) groups is 1. The van der Waals surface area contributed by atoms with Gasteiger partial charge in [-0.25, -0.2) is 0 Å². The number of carbonyl (C=O) groups is 8.